The number of carbonyl (C=O) groups is 2. The molecule has 1 fully saturated rings. The van der Waals surface area contributed by atoms with Crippen molar-refractivity contribution in [3.05, 3.63) is 66.6 Å². The second kappa shape index (κ2) is 10.1. The van der Waals surface area contributed by atoms with Gasteiger partial charge in [0.1, 0.15) is 5.82 Å². The van der Waals surface area contributed by atoms with Crippen LogP contribution in [0.4, 0.5) is 10.3 Å². The number of aromatic nitrogens is 4. The highest BCUT2D eigenvalue weighted by Crippen LogP contribution is 2.34. The second-order valence-electron chi connectivity index (χ2n) is 9.45. The molecule has 0 saturated carbocycles. The number of nitrogens with zero attached hydrogens (tertiary/aromatic N) is 5. The lowest BCUT2D eigenvalue weighted by atomic mass is 10.1. The Kier molecular flexibility index (Phi) is 6.75. The Morgan fingerprint density at radius 1 is 1.24 bits per heavy atom. The van der Waals surface area contributed by atoms with E-state index < -0.39 is 17.8 Å². The number of amides is 2. The van der Waals surface area contributed by atoms with Crippen LogP contribution in [0.5, 0.6) is 0 Å². The van der Waals surface area contributed by atoms with Crippen molar-refractivity contribution >= 4 is 39.7 Å². The first kappa shape index (κ1) is 24.6. The van der Waals surface area contributed by atoms with Gasteiger partial charge in [0.25, 0.3) is 5.91 Å². The van der Waals surface area contributed by atoms with E-state index in [2.05, 4.69) is 17.0 Å². The van der Waals surface area contributed by atoms with Gasteiger partial charge in [-0.3, -0.25) is 19.6 Å². The number of hydrogen-bond donors (Lipinski definition) is 2. The number of rotatable bonds is 6. The molecule has 2 atom stereocenters. The van der Waals surface area contributed by atoms with Gasteiger partial charge in [-0.2, -0.15) is 5.10 Å². The van der Waals surface area contributed by atoms with Crippen molar-refractivity contribution in [2.75, 3.05) is 18.4 Å². The van der Waals surface area contributed by atoms with Gasteiger partial charge in [-0.15, -0.1) is 0 Å². The Bertz CT molecular complexity index is 1470. The van der Waals surface area contributed by atoms with E-state index in [-0.39, 0.29) is 11.9 Å². The molecule has 5 rings (SSSR count). The Morgan fingerprint density at radius 2 is 2.03 bits per heavy atom. The quantitative estimate of drug-likeness (QED) is 0.388. The Balaban J connectivity index is 1.65. The maximum Gasteiger partial charge on any atom is 0.257 e. The number of fused-ring (bicyclic) bond motifs is 3. The number of anilines is 1. The lowest BCUT2D eigenvalue weighted by Crippen LogP contribution is -2.34. The molecular weight excluding hydrogens is 475 g/mol. The summed E-state index contributed by atoms with van der Waals surface area (Å²) in [7, 11) is 0. The molecule has 0 spiro atoms. The fourth-order valence-corrected chi connectivity index (χ4v) is 5.02. The average molecular weight is 505 g/mol. The van der Waals surface area contributed by atoms with E-state index in [0.717, 1.165) is 35.7 Å². The first-order valence-electron chi connectivity index (χ1n) is 12.4. The predicted octanol–water partition coefficient (Wildman–Crippen LogP) is 3.90. The lowest BCUT2D eigenvalue weighted by molar-refractivity contribution is -0.126. The van der Waals surface area contributed by atoms with Crippen molar-refractivity contribution in [2.24, 2.45) is 0 Å². The third-order valence-electron chi connectivity index (χ3n) is 6.74. The van der Waals surface area contributed by atoms with Crippen LogP contribution in [0.3, 0.4) is 0 Å². The standard InChI is InChI=1S/C27H29FN6O3/c1-3-24(36)32-13-5-4-6-20(16-32)34-25-21-14-29-33(15-17(2)35)23(21)12-11-22(25)30-27(34)31-26(37)18-7-9-19(28)10-8-18/h3,7-12,14,17,20,35H,1,4-6,13,15-16H2,2H3,(H,30,31,37)/t17-,20+/m0/s1. The van der Waals surface area contributed by atoms with E-state index in [1.165, 1.54) is 30.3 Å². The molecule has 1 aliphatic heterocycles. The van der Waals surface area contributed by atoms with Gasteiger partial charge in [0.15, 0.2) is 0 Å². The largest absolute Gasteiger partial charge is 0.391 e. The fraction of sp³-hybridized carbons (Fsp3) is 0.333. The smallest absolute Gasteiger partial charge is 0.257 e. The number of aliphatic hydroxyl groups excluding tert-OH is 1. The zero-order valence-electron chi connectivity index (χ0n) is 20.6. The van der Waals surface area contributed by atoms with Crippen LogP contribution < -0.4 is 5.32 Å². The van der Waals surface area contributed by atoms with Gasteiger partial charge in [-0.25, -0.2) is 9.37 Å². The zero-order valence-corrected chi connectivity index (χ0v) is 20.6. The molecule has 4 aromatic rings. The zero-order chi connectivity index (χ0) is 26.1. The van der Waals surface area contributed by atoms with Crippen LogP contribution in [0.1, 0.15) is 42.6 Å². The number of benzene rings is 2. The third-order valence-corrected chi connectivity index (χ3v) is 6.74. The van der Waals surface area contributed by atoms with Crippen molar-refractivity contribution in [2.45, 2.75) is 44.9 Å². The van der Waals surface area contributed by atoms with E-state index >= 15 is 0 Å². The van der Waals surface area contributed by atoms with Gasteiger partial charge in [0.05, 0.1) is 41.4 Å². The number of aliphatic hydroxyl groups is 1. The minimum Gasteiger partial charge on any atom is -0.391 e. The molecule has 10 heteroatoms. The molecule has 2 aromatic carbocycles. The van der Waals surface area contributed by atoms with Crippen LogP contribution in [0.2, 0.25) is 0 Å². The third kappa shape index (κ3) is 4.84. The van der Waals surface area contributed by atoms with Gasteiger partial charge >= 0.3 is 0 Å². The SMILES string of the molecule is C=CC(=O)N1CCCC[C@@H](n2c(NC(=O)c3ccc(F)cc3)nc3ccc4c(cnn4C[C@H](C)O)c32)C1. The van der Waals surface area contributed by atoms with E-state index in [9.17, 15) is 19.1 Å². The summed E-state index contributed by atoms with van der Waals surface area (Å²) >= 11 is 0. The van der Waals surface area contributed by atoms with Gasteiger partial charge in [0.2, 0.25) is 11.9 Å². The highest BCUT2D eigenvalue weighted by molar-refractivity contribution is 6.07. The highest BCUT2D eigenvalue weighted by Gasteiger charge is 2.28. The molecule has 1 aliphatic rings. The molecule has 192 valence electrons. The summed E-state index contributed by atoms with van der Waals surface area (Å²) in [6.45, 7) is 6.75. The molecule has 2 aromatic heterocycles. The molecule has 0 radical (unpaired) electrons. The maximum atomic E-state index is 13.4. The topological polar surface area (TPSA) is 105 Å². The van der Waals surface area contributed by atoms with Crippen LogP contribution in [0.25, 0.3) is 21.9 Å². The highest BCUT2D eigenvalue weighted by atomic mass is 19.1. The average Bonchev–Trinajstić information content (AvgIpc) is 3.35. The number of imidazole rings is 1. The molecule has 0 bridgehead atoms. The number of carbonyl (C=O) groups excluding carboxylic acids is 2. The van der Waals surface area contributed by atoms with Gasteiger partial charge in [-0.05, 0) is 68.7 Å². The number of hydrogen-bond acceptors (Lipinski definition) is 5. The van der Waals surface area contributed by atoms with Crippen LogP contribution >= 0.6 is 0 Å². The summed E-state index contributed by atoms with van der Waals surface area (Å²) < 4.78 is 17.1. The van der Waals surface area contributed by atoms with E-state index in [4.69, 9.17) is 4.98 Å². The molecule has 2 N–H and O–H groups in total. The van der Waals surface area contributed by atoms with E-state index in [1.807, 2.05) is 16.7 Å². The molecule has 0 unspecified atom stereocenters. The van der Waals surface area contributed by atoms with Crippen molar-refractivity contribution in [3.8, 4) is 0 Å². The normalized spacial score (nSPS) is 17.1. The van der Waals surface area contributed by atoms with Crippen LogP contribution in [0, 0.1) is 5.82 Å². The number of nitrogens with one attached hydrogen (secondary N) is 1. The molecule has 1 saturated heterocycles. The van der Waals surface area contributed by atoms with E-state index in [0.29, 0.717) is 36.7 Å². The number of likely N-dealkylation sites (tertiary alicyclic amines) is 1. The predicted molar refractivity (Wildman–Crippen MR) is 139 cm³/mol. The minimum atomic E-state index is -0.574. The Hall–Kier alpha value is -4.05. The van der Waals surface area contributed by atoms with Gasteiger partial charge in [0, 0.05) is 24.0 Å². The molecule has 0 aliphatic carbocycles. The van der Waals surface area contributed by atoms with Crippen LogP contribution in [0.15, 0.2) is 55.3 Å². The monoisotopic (exact) mass is 504 g/mol. The summed E-state index contributed by atoms with van der Waals surface area (Å²) in [6, 6.07) is 8.93. The van der Waals surface area contributed by atoms with Crippen LogP contribution in [-0.4, -0.2) is 60.3 Å². The second-order valence-corrected chi connectivity index (χ2v) is 9.45. The maximum absolute atomic E-state index is 13.4. The summed E-state index contributed by atoms with van der Waals surface area (Å²) in [6.07, 6.45) is 5.03. The fourth-order valence-electron chi connectivity index (χ4n) is 5.02. The number of halogens is 1. The summed E-state index contributed by atoms with van der Waals surface area (Å²) in [5, 5.41) is 18.2. The molecule has 9 nitrogen and oxygen atoms in total. The molecule has 2 amide bonds. The Labute approximate surface area is 213 Å². The van der Waals surface area contributed by atoms with Crippen LogP contribution in [-0.2, 0) is 11.3 Å². The molecule has 37 heavy (non-hydrogen) atoms. The van der Waals surface area contributed by atoms with Crippen molar-refractivity contribution in [1.82, 2.24) is 24.2 Å². The summed E-state index contributed by atoms with van der Waals surface area (Å²) in [5.41, 5.74) is 2.60. The molecule has 3 heterocycles. The first-order valence-corrected chi connectivity index (χ1v) is 12.4. The van der Waals surface area contributed by atoms with Gasteiger partial charge < -0.3 is 14.6 Å². The van der Waals surface area contributed by atoms with Crippen molar-refractivity contribution < 1.29 is 19.1 Å². The van der Waals surface area contributed by atoms with Gasteiger partial charge in [-0.1, -0.05) is 6.58 Å². The first-order chi connectivity index (χ1) is 17.9. The van der Waals surface area contributed by atoms with Crippen molar-refractivity contribution in [1.29, 1.82) is 0 Å². The summed E-state index contributed by atoms with van der Waals surface area (Å²) in [4.78, 5) is 32.2. The lowest BCUT2D eigenvalue weighted by Gasteiger charge is -2.26. The van der Waals surface area contributed by atoms with Crippen molar-refractivity contribution in [3.63, 3.8) is 0 Å². The van der Waals surface area contributed by atoms with E-state index in [1.54, 1.807) is 22.7 Å². The Morgan fingerprint density at radius 3 is 2.76 bits per heavy atom. The molecular formula is C27H29FN6O3. The minimum absolute atomic E-state index is 0.136. The summed E-state index contributed by atoms with van der Waals surface area (Å²) in [5.74, 6) is -0.628.